The summed E-state index contributed by atoms with van der Waals surface area (Å²) in [7, 11) is 1.80. The summed E-state index contributed by atoms with van der Waals surface area (Å²) in [6.07, 6.45) is 4.90. The van der Waals surface area contributed by atoms with Crippen LogP contribution in [0.25, 0.3) is 0 Å². The summed E-state index contributed by atoms with van der Waals surface area (Å²) in [5, 5.41) is 0. The molecule has 0 spiro atoms. The van der Waals surface area contributed by atoms with Crippen LogP contribution in [-0.2, 0) is 0 Å². The molecule has 1 heterocycles. The standard InChI is InChI=1S/C12H19N3O/c1-3-4-5-9-15(2)12(16)10-7-6-8-14-11(10)13/h6-8H,3-5,9H2,1-2H3,(H2,13,14). The van der Waals surface area contributed by atoms with Crippen molar-refractivity contribution in [3.63, 3.8) is 0 Å². The molecular weight excluding hydrogens is 202 g/mol. The van der Waals surface area contributed by atoms with Crippen molar-refractivity contribution >= 4 is 11.7 Å². The highest BCUT2D eigenvalue weighted by Gasteiger charge is 2.14. The maximum Gasteiger partial charge on any atom is 0.257 e. The van der Waals surface area contributed by atoms with Gasteiger partial charge in [0.1, 0.15) is 5.82 Å². The number of carbonyl (C=O) groups is 1. The number of nitrogens with zero attached hydrogens (tertiary/aromatic N) is 2. The fraction of sp³-hybridized carbons (Fsp3) is 0.500. The summed E-state index contributed by atoms with van der Waals surface area (Å²) < 4.78 is 0. The van der Waals surface area contributed by atoms with E-state index >= 15 is 0 Å². The van der Waals surface area contributed by atoms with Crippen LogP contribution in [0, 0.1) is 0 Å². The average Bonchev–Trinajstić information content (AvgIpc) is 2.29. The second-order valence-corrected chi connectivity index (χ2v) is 3.87. The van der Waals surface area contributed by atoms with Crippen LogP contribution in [0.2, 0.25) is 0 Å². The Morgan fingerprint density at radius 1 is 1.50 bits per heavy atom. The van der Waals surface area contributed by atoms with E-state index in [1.165, 1.54) is 0 Å². The lowest BCUT2D eigenvalue weighted by Gasteiger charge is -2.17. The number of carbonyl (C=O) groups excluding carboxylic acids is 1. The van der Waals surface area contributed by atoms with Gasteiger partial charge in [-0.1, -0.05) is 19.8 Å². The molecule has 0 saturated heterocycles. The number of amides is 1. The van der Waals surface area contributed by atoms with Gasteiger partial charge in [0.15, 0.2) is 0 Å². The molecule has 0 aliphatic carbocycles. The Balaban J connectivity index is 2.60. The van der Waals surface area contributed by atoms with Gasteiger partial charge in [-0.2, -0.15) is 0 Å². The van der Waals surface area contributed by atoms with E-state index in [2.05, 4.69) is 11.9 Å². The van der Waals surface area contributed by atoms with E-state index in [4.69, 9.17) is 5.73 Å². The second-order valence-electron chi connectivity index (χ2n) is 3.87. The quantitative estimate of drug-likeness (QED) is 0.773. The number of nitrogen functional groups attached to an aromatic ring is 1. The molecule has 4 nitrogen and oxygen atoms in total. The molecule has 1 aromatic rings. The topological polar surface area (TPSA) is 59.2 Å². The zero-order valence-corrected chi connectivity index (χ0v) is 9.94. The van der Waals surface area contributed by atoms with Crippen LogP contribution >= 0.6 is 0 Å². The second kappa shape index (κ2) is 6.10. The van der Waals surface area contributed by atoms with Gasteiger partial charge < -0.3 is 10.6 Å². The normalized spacial score (nSPS) is 10.1. The molecule has 4 heteroatoms. The van der Waals surface area contributed by atoms with E-state index in [0.29, 0.717) is 11.4 Å². The first kappa shape index (κ1) is 12.5. The van der Waals surface area contributed by atoms with E-state index in [1.54, 1.807) is 30.3 Å². The van der Waals surface area contributed by atoms with E-state index in [0.717, 1.165) is 25.8 Å². The summed E-state index contributed by atoms with van der Waals surface area (Å²) in [5.41, 5.74) is 6.14. The van der Waals surface area contributed by atoms with Gasteiger partial charge in [-0.05, 0) is 18.6 Å². The smallest absolute Gasteiger partial charge is 0.257 e. The summed E-state index contributed by atoms with van der Waals surface area (Å²) in [6, 6.07) is 3.43. The predicted octanol–water partition coefficient (Wildman–Crippen LogP) is 1.93. The molecular formula is C12H19N3O. The predicted molar refractivity (Wildman–Crippen MR) is 65.1 cm³/mol. The molecule has 0 radical (unpaired) electrons. The number of nitrogens with two attached hydrogens (primary N) is 1. The SMILES string of the molecule is CCCCCN(C)C(=O)c1cccnc1N. The molecule has 1 aromatic heterocycles. The van der Waals surface area contributed by atoms with Crippen molar-refractivity contribution in [1.29, 1.82) is 0 Å². The number of hydrogen-bond donors (Lipinski definition) is 1. The first-order chi connectivity index (χ1) is 7.66. The van der Waals surface area contributed by atoms with Gasteiger partial charge in [0, 0.05) is 19.8 Å². The zero-order chi connectivity index (χ0) is 12.0. The fourth-order valence-corrected chi connectivity index (χ4v) is 1.50. The Morgan fingerprint density at radius 2 is 2.25 bits per heavy atom. The van der Waals surface area contributed by atoms with Gasteiger partial charge in [0.2, 0.25) is 0 Å². The lowest BCUT2D eigenvalue weighted by Crippen LogP contribution is -2.28. The van der Waals surface area contributed by atoms with Crippen molar-refractivity contribution in [3.8, 4) is 0 Å². The lowest BCUT2D eigenvalue weighted by atomic mass is 10.2. The van der Waals surface area contributed by atoms with Gasteiger partial charge in [-0.25, -0.2) is 4.98 Å². The van der Waals surface area contributed by atoms with Gasteiger partial charge in [0.25, 0.3) is 5.91 Å². The molecule has 0 aromatic carbocycles. The van der Waals surface area contributed by atoms with Crippen molar-refractivity contribution in [1.82, 2.24) is 9.88 Å². The number of aromatic nitrogens is 1. The molecule has 0 aliphatic heterocycles. The summed E-state index contributed by atoms with van der Waals surface area (Å²) in [4.78, 5) is 17.6. The van der Waals surface area contributed by atoms with Gasteiger partial charge >= 0.3 is 0 Å². The van der Waals surface area contributed by atoms with E-state index < -0.39 is 0 Å². The van der Waals surface area contributed by atoms with E-state index in [1.807, 2.05) is 0 Å². The molecule has 16 heavy (non-hydrogen) atoms. The van der Waals surface area contributed by atoms with Gasteiger partial charge in [-0.3, -0.25) is 4.79 Å². The minimum absolute atomic E-state index is 0.0540. The van der Waals surface area contributed by atoms with Crippen LogP contribution in [0.15, 0.2) is 18.3 Å². The average molecular weight is 221 g/mol. The number of hydrogen-bond acceptors (Lipinski definition) is 3. The Bertz CT molecular complexity index is 352. The van der Waals surface area contributed by atoms with Crippen LogP contribution in [0.4, 0.5) is 5.82 Å². The van der Waals surface area contributed by atoms with Crippen LogP contribution in [0.5, 0.6) is 0 Å². The Morgan fingerprint density at radius 3 is 2.88 bits per heavy atom. The van der Waals surface area contributed by atoms with Gasteiger partial charge in [-0.15, -0.1) is 0 Å². The Hall–Kier alpha value is -1.58. The van der Waals surface area contributed by atoms with E-state index in [9.17, 15) is 4.79 Å². The third-order valence-corrected chi connectivity index (χ3v) is 2.51. The molecule has 0 fully saturated rings. The summed E-state index contributed by atoms with van der Waals surface area (Å²) >= 11 is 0. The number of anilines is 1. The third kappa shape index (κ3) is 3.22. The van der Waals surface area contributed by atoms with Crippen molar-refractivity contribution in [2.45, 2.75) is 26.2 Å². The highest BCUT2D eigenvalue weighted by molar-refractivity contribution is 5.98. The molecule has 88 valence electrons. The molecule has 1 rings (SSSR count). The molecule has 0 saturated carbocycles. The van der Waals surface area contributed by atoms with Crippen molar-refractivity contribution in [3.05, 3.63) is 23.9 Å². The Labute approximate surface area is 96.5 Å². The molecule has 0 aliphatic rings. The molecule has 2 N–H and O–H groups in total. The number of rotatable bonds is 5. The maximum atomic E-state index is 12.0. The van der Waals surface area contributed by atoms with Gasteiger partial charge in [0.05, 0.1) is 5.56 Å². The van der Waals surface area contributed by atoms with Crippen molar-refractivity contribution in [2.24, 2.45) is 0 Å². The number of unbranched alkanes of at least 4 members (excludes halogenated alkanes) is 2. The zero-order valence-electron chi connectivity index (χ0n) is 9.94. The van der Waals surface area contributed by atoms with Crippen molar-refractivity contribution < 1.29 is 4.79 Å². The summed E-state index contributed by atoms with van der Waals surface area (Å²) in [5.74, 6) is 0.247. The monoisotopic (exact) mass is 221 g/mol. The maximum absolute atomic E-state index is 12.0. The third-order valence-electron chi connectivity index (χ3n) is 2.51. The molecule has 1 amide bonds. The van der Waals surface area contributed by atoms with Crippen LogP contribution in [0.1, 0.15) is 36.5 Å². The minimum Gasteiger partial charge on any atom is -0.383 e. The molecule has 0 atom stereocenters. The number of pyridine rings is 1. The lowest BCUT2D eigenvalue weighted by molar-refractivity contribution is 0.0793. The van der Waals surface area contributed by atoms with Crippen LogP contribution in [-0.4, -0.2) is 29.4 Å². The molecule has 0 bridgehead atoms. The molecule has 0 unspecified atom stereocenters. The highest BCUT2D eigenvalue weighted by atomic mass is 16.2. The van der Waals surface area contributed by atoms with Crippen LogP contribution < -0.4 is 5.73 Å². The summed E-state index contributed by atoms with van der Waals surface area (Å²) in [6.45, 7) is 2.90. The fourth-order valence-electron chi connectivity index (χ4n) is 1.50. The highest BCUT2D eigenvalue weighted by Crippen LogP contribution is 2.10. The first-order valence-corrected chi connectivity index (χ1v) is 5.62. The van der Waals surface area contributed by atoms with E-state index in [-0.39, 0.29) is 5.91 Å². The van der Waals surface area contributed by atoms with Crippen molar-refractivity contribution in [2.75, 3.05) is 19.3 Å². The largest absolute Gasteiger partial charge is 0.383 e. The minimum atomic E-state index is -0.0540. The first-order valence-electron chi connectivity index (χ1n) is 5.62. The van der Waals surface area contributed by atoms with Crippen LogP contribution in [0.3, 0.4) is 0 Å². The Kier molecular flexibility index (Phi) is 4.76.